The Balaban J connectivity index is 2.50. The summed E-state index contributed by atoms with van der Waals surface area (Å²) in [5.74, 6) is 0.474. The first-order valence-electron chi connectivity index (χ1n) is 6.55. The van der Waals surface area contributed by atoms with Crippen molar-refractivity contribution in [3.05, 3.63) is 63.5 Å². The summed E-state index contributed by atoms with van der Waals surface area (Å²) >= 11 is 6.08. The van der Waals surface area contributed by atoms with E-state index in [0.29, 0.717) is 27.6 Å². The van der Waals surface area contributed by atoms with Crippen molar-refractivity contribution in [2.24, 2.45) is 0 Å². The third-order valence-electron chi connectivity index (χ3n) is 3.36. The van der Waals surface area contributed by atoms with Crippen LogP contribution in [-0.4, -0.2) is 16.6 Å². The standard InChI is InChI=1S/C16H11ClN4O/c1-19-15-12-7-6-11(17)8-14(12)21(16(22)20-15)13-5-3-2-4-10(13)9-18/h2-8H,1H3,(H,19,20,22). The summed E-state index contributed by atoms with van der Waals surface area (Å²) in [6, 6.07) is 14.2. The number of hydrogen-bond acceptors (Lipinski definition) is 4. The largest absolute Gasteiger partial charge is 0.372 e. The number of anilines is 1. The number of hydrogen-bond donors (Lipinski definition) is 1. The highest BCUT2D eigenvalue weighted by atomic mass is 35.5. The first kappa shape index (κ1) is 14.1. The molecule has 0 atom stereocenters. The summed E-state index contributed by atoms with van der Waals surface area (Å²) in [5, 5.41) is 13.4. The lowest BCUT2D eigenvalue weighted by atomic mass is 10.1. The van der Waals surface area contributed by atoms with E-state index < -0.39 is 5.69 Å². The van der Waals surface area contributed by atoms with Gasteiger partial charge in [0.2, 0.25) is 0 Å². The third kappa shape index (κ3) is 2.20. The molecule has 0 spiro atoms. The van der Waals surface area contributed by atoms with Crippen molar-refractivity contribution in [1.29, 1.82) is 5.26 Å². The zero-order valence-electron chi connectivity index (χ0n) is 11.7. The van der Waals surface area contributed by atoms with E-state index in [-0.39, 0.29) is 0 Å². The average Bonchev–Trinajstić information content (AvgIpc) is 2.54. The molecule has 3 aromatic rings. The Bertz CT molecular complexity index is 972. The lowest BCUT2D eigenvalue weighted by Gasteiger charge is -2.13. The Morgan fingerprint density at radius 2 is 2.05 bits per heavy atom. The molecule has 0 aliphatic heterocycles. The maximum absolute atomic E-state index is 12.5. The number of rotatable bonds is 2. The number of fused-ring (bicyclic) bond motifs is 1. The normalized spacial score (nSPS) is 10.4. The van der Waals surface area contributed by atoms with Crippen molar-refractivity contribution in [2.75, 3.05) is 12.4 Å². The maximum atomic E-state index is 12.5. The fourth-order valence-corrected chi connectivity index (χ4v) is 2.55. The van der Waals surface area contributed by atoms with E-state index in [1.54, 1.807) is 49.5 Å². The molecule has 5 nitrogen and oxygen atoms in total. The average molecular weight is 311 g/mol. The number of para-hydroxylation sites is 1. The molecule has 2 aromatic carbocycles. The minimum Gasteiger partial charge on any atom is -0.372 e. The summed E-state index contributed by atoms with van der Waals surface area (Å²) in [5.41, 5.74) is 1.00. The smallest absolute Gasteiger partial charge is 0.354 e. The number of nitriles is 1. The lowest BCUT2D eigenvalue weighted by molar-refractivity contribution is 0.958. The van der Waals surface area contributed by atoms with Gasteiger partial charge in [-0.1, -0.05) is 23.7 Å². The van der Waals surface area contributed by atoms with E-state index in [2.05, 4.69) is 16.4 Å². The Kier molecular flexibility index (Phi) is 3.53. The first-order valence-corrected chi connectivity index (χ1v) is 6.93. The molecule has 0 radical (unpaired) electrons. The Hall–Kier alpha value is -2.84. The van der Waals surface area contributed by atoms with Crippen molar-refractivity contribution in [3.63, 3.8) is 0 Å². The molecule has 0 amide bonds. The van der Waals surface area contributed by atoms with E-state index >= 15 is 0 Å². The van der Waals surface area contributed by atoms with E-state index in [0.717, 1.165) is 5.39 Å². The highest BCUT2D eigenvalue weighted by molar-refractivity contribution is 6.31. The predicted octanol–water partition coefficient (Wildman–Crippen LogP) is 2.95. The van der Waals surface area contributed by atoms with Crippen LogP contribution < -0.4 is 11.0 Å². The molecule has 1 N–H and O–H groups in total. The molecular weight excluding hydrogens is 300 g/mol. The minimum absolute atomic E-state index is 0.393. The van der Waals surface area contributed by atoms with Crippen LogP contribution in [0.2, 0.25) is 5.02 Å². The summed E-state index contributed by atoms with van der Waals surface area (Å²) in [7, 11) is 1.70. The second-order valence-corrected chi connectivity index (χ2v) is 5.06. The number of aromatic nitrogens is 2. The quantitative estimate of drug-likeness (QED) is 0.790. The predicted molar refractivity (Wildman–Crippen MR) is 86.6 cm³/mol. The fourth-order valence-electron chi connectivity index (χ4n) is 2.39. The van der Waals surface area contributed by atoms with Gasteiger partial charge in [-0.15, -0.1) is 0 Å². The molecule has 1 heterocycles. The molecule has 3 rings (SSSR count). The molecule has 0 saturated carbocycles. The van der Waals surface area contributed by atoms with Crippen LogP contribution in [0.5, 0.6) is 0 Å². The number of halogens is 1. The lowest BCUT2D eigenvalue weighted by Crippen LogP contribution is -2.23. The van der Waals surface area contributed by atoms with E-state index in [4.69, 9.17) is 11.6 Å². The summed E-state index contributed by atoms with van der Waals surface area (Å²) in [6.45, 7) is 0. The summed E-state index contributed by atoms with van der Waals surface area (Å²) in [4.78, 5) is 16.5. The summed E-state index contributed by atoms with van der Waals surface area (Å²) < 4.78 is 1.40. The Labute approximate surface area is 131 Å². The van der Waals surface area contributed by atoms with Crippen molar-refractivity contribution in [3.8, 4) is 11.8 Å². The van der Waals surface area contributed by atoms with Gasteiger partial charge in [0.25, 0.3) is 0 Å². The first-order chi connectivity index (χ1) is 10.7. The number of benzene rings is 2. The second-order valence-electron chi connectivity index (χ2n) is 4.62. The van der Waals surface area contributed by atoms with Gasteiger partial charge in [-0.3, -0.25) is 4.57 Å². The zero-order valence-corrected chi connectivity index (χ0v) is 12.4. The number of nitrogens with zero attached hydrogens (tertiary/aromatic N) is 3. The van der Waals surface area contributed by atoms with Crippen molar-refractivity contribution in [1.82, 2.24) is 9.55 Å². The van der Waals surface area contributed by atoms with Gasteiger partial charge in [0.1, 0.15) is 11.9 Å². The van der Waals surface area contributed by atoms with Crippen LogP contribution in [0.15, 0.2) is 47.3 Å². The van der Waals surface area contributed by atoms with Crippen molar-refractivity contribution in [2.45, 2.75) is 0 Å². The van der Waals surface area contributed by atoms with Gasteiger partial charge in [-0.05, 0) is 30.3 Å². The molecule has 0 unspecified atom stereocenters. The molecule has 1 aromatic heterocycles. The van der Waals surface area contributed by atoms with E-state index in [9.17, 15) is 10.1 Å². The minimum atomic E-state index is -0.471. The van der Waals surface area contributed by atoms with Crippen molar-refractivity contribution < 1.29 is 0 Å². The molecule has 0 saturated heterocycles. The fraction of sp³-hybridized carbons (Fsp3) is 0.0625. The second kappa shape index (κ2) is 5.51. The number of nitrogens with one attached hydrogen (secondary N) is 1. The molecular formula is C16H11ClN4O. The van der Waals surface area contributed by atoms with Crippen LogP contribution in [0.3, 0.4) is 0 Å². The maximum Gasteiger partial charge on any atom is 0.354 e. The van der Waals surface area contributed by atoms with Crippen molar-refractivity contribution >= 4 is 28.3 Å². The SMILES string of the molecule is CNc1nc(=O)n(-c2ccccc2C#N)c2cc(Cl)ccc12. The van der Waals surface area contributed by atoms with Crippen LogP contribution in [0.25, 0.3) is 16.6 Å². The summed E-state index contributed by atoms with van der Waals surface area (Å²) in [6.07, 6.45) is 0. The highest BCUT2D eigenvalue weighted by Crippen LogP contribution is 2.25. The molecule has 0 aliphatic rings. The molecule has 0 bridgehead atoms. The van der Waals surface area contributed by atoms with E-state index in [1.807, 2.05) is 0 Å². The van der Waals surface area contributed by atoms with Crippen LogP contribution in [0.1, 0.15) is 5.56 Å². The van der Waals surface area contributed by atoms with Crippen LogP contribution in [-0.2, 0) is 0 Å². The molecule has 108 valence electrons. The Morgan fingerprint density at radius 1 is 1.27 bits per heavy atom. The van der Waals surface area contributed by atoms with Gasteiger partial charge in [0.05, 0.1) is 16.8 Å². The molecule has 0 aliphatic carbocycles. The van der Waals surface area contributed by atoms with Crippen LogP contribution in [0, 0.1) is 11.3 Å². The van der Waals surface area contributed by atoms with Crippen LogP contribution in [0.4, 0.5) is 5.82 Å². The van der Waals surface area contributed by atoms with Gasteiger partial charge in [0, 0.05) is 17.5 Å². The van der Waals surface area contributed by atoms with E-state index in [1.165, 1.54) is 4.57 Å². The van der Waals surface area contributed by atoms with Gasteiger partial charge in [0.15, 0.2) is 0 Å². The third-order valence-corrected chi connectivity index (χ3v) is 3.59. The van der Waals surface area contributed by atoms with Gasteiger partial charge < -0.3 is 5.32 Å². The van der Waals surface area contributed by atoms with Gasteiger partial charge in [-0.25, -0.2) is 4.79 Å². The monoisotopic (exact) mass is 310 g/mol. The molecule has 0 fully saturated rings. The van der Waals surface area contributed by atoms with Gasteiger partial charge >= 0.3 is 5.69 Å². The molecule has 22 heavy (non-hydrogen) atoms. The molecule has 6 heteroatoms. The van der Waals surface area contributed by atoms with Crippen LogP contribution >= 0.6 is 11.6 Å². The zero-order chi connectivity index (χ0) is 15.7. The topological polar surface area (TPSA) is 70.7 Å². The highest BCUT2D eigenvalue weighted by Gasteiger charge is 2.14. The Morgan fingerprint density at radius 3 is 2.77 bits per heavy atom. The van der Waals surface area contributed by atoms with Gasteiger partial charge in [-0.2, -0.15) is 10.2 Å².